The van der Waals surface area contributed by atoms with Crippen LogP contribution in [0.15, 0.2) is 91.1 Å². The standard InChI is InChI=1S/C26H18N4O3/c31-26(19-9-11-23-24(14-19)33-16-32-23)28-20-8-4-7-18(13-20)21-10-12-25-27-15-22(30(25)29-21)17-5-2-1-3-6-17/h1-15H,16H2,(H,28,31). The molecule has 0 aliphatic carbocycles. The number of rotatable bonds is 4. The number of nitrogens with zero attached hydrogens (tertiary/aromatic N) is 3. The molecule has 33 heavy (non-hydrogen) atoms. The van der Waals surface area contributed by atoms with Crippen molar-refractivity contribution in [3.63, 3.8) is 0 Å². The molecule has 7 nitrogen and oxygen atoms in total. The second-order valence-corrected chi connectivity index (χ2v) is 7.60. The highest BCUT2D eigenvalue weighted by Gasteiger charge is 2.16. The summed E-state index contributed by atoms with van der Waals surface area (Å²) >= 11 is 0. The average Bonchev–Trinajstić information content (AvgIpc) is 3.51. The number of aromatic nitrogens is 3. The summed E-state index contributed by atoms with van der Waals surface area (Å²) in [6.07, 6.45) is 1.82. The zero-order chi connectivity index (χ0) is 22.2. The zero-order valence-electron chi connectivity index (χ0n) is 17.4. The number of hydrogen-bond acceptors (Lipinski definition) is 5. The summed E-state index contributed by atoms with van der Waals surface area (Å²) in [4.78, 5) is 17.2. The van der Waals surface area contributed by atoms with Gasteiger partial charge in [0.15, 0.2) is 17.1 Å². The molecular weight excluding hydrogens is 416 g/mol. The summed E-state index contributed by atoms with van der Waals surface area (Å²) in [5.41, 5.74) is 5.55. The molecule has 5 aromatic rings. The third kappa shape index (κ3) is 3.55. The second-order valence-electron chi connectivity index (χ2n) is 7.60. The molecule has 7 heteroatoms. The van der Waals surface area contributed by atoms with Crippen molar-refractivity contribution in [2.24, 2.45) is 0 Å². The first kappa shape index (κ1) is 19.1. The third-order valence-electron chi connectivity index (χ3n) is 5.48. The molecule has 0 bridgehead atoms. The lowest BCUT2D eigenvalue weighted by Crippen LogP contribution is -2.11. The maximum absolute atomic E-state index is 12.8. The molecule has 3 heterocycles. The van der Waals surface area contributed by atoms with Gasteiger partial charge in [-0.1, -0.05) is 42.5 Å². The van der Waals surface area contributed by atoms with E-state index in [1.54, 1.807) is 18.2 Å². The van der Waals surface area contributed by atoms with Crippen LogP contribution in [0.5, 0.6) is 11.5 Å². The van der Waals surface area contributed by atoms with Gasteiger partial charge in [-0.15, -0.1) is 0 Å². The van der Waals surface area contributed by atoms with Gasteiger partial charge in [0.2, 0.25) is 6.79 Å². The van der Waals surface area contributed by atoms with E-state index < -0.39 is 0 Å². The lowest BCUT2D eigenvalue weighted by Gasteiger charge is -2.09. The molecular formula is C26H18N4O3. The quantitative estimate of drug-likeness (QED) is 0.429. The average molecular weight is 434 g/mol. The van der Waals surface area contributed by atoms with Crippen LogP contribution in [0.1, 0.15) is 10.4 Å². The molecule has 0 spiro atoms. The number of hydrogen-bond donors (Lipinski definition) is 1. The highest BCUT2D eigenvalue weighted by atomic mass is 16.7. The van der Waals surface area contributed by atoms with Crippen LogP contribution in [-0.2, 0) is 0 Å². The predicted octanol–water partition coefficient (Wildman–Crippen LogP) is 5.04. The van der Waals surface area contributed by atoms with E-state index in [0.29, 0.717) is 22.7 Å². The second kappa shape index (κ2) is 7.80. The monoisotopic (exact) mass is 434 g/mol. The first-order valence-electron chi connectivity index (χ1n) is 10.5. The van der Waals surface area contributed by atoms with Crippen LogP contribution >= 0.6 is 0 Å². The van der Waals surface area contributed by atoms with Crippen LogP contribution in [0.2, 0.25) is 0 Å². The molecule has 1 amide bonds. The van der Waals surface area contributed by atoms with E-state index in [1.165, 1.54) is 0 Å². The minimum Gasteiger partial charge on any atom is -0.454 e. The van der Waals surface area contributed by atoms with E-state index in [1.807, 2.05) is 77.4 Å². The van der Waals surface area contributed by atoms with Crippen molar-refractivity contribution in [3.05, 3.63) is 96.7 Å². The van der Waals surface area contributed by atoms with Gasteiger partial charge in [0.1, 0.15) is 0 Å². The Kier molecular flexibility index (Phi) is 4.51. The van der Waals surface area contributed by atoms with Gasteiger partial charge in [-0.2, -0.15) is 5.10 Å². The predicted molar refractivity (Wildman–Crippen MR) is 124 cm³/mol. The van der Waals surface area contributed by atoms with Crippen molar-refractivity contribution in [2.75, 3.05) is 12.1 Å². The zero-order valence-corrected chi connectivity index (χ0v) is 17.4. The van der Waals surface area contributed by atoms with E-state index in [2.05, 4.69) is 10.3 Å². The molecule has 0 saturated heterocycles. The van der Waals surface area contributed by atoms with Gasteiger partial charge in [0.05, 0.1) is 17.6 Å². The first-order valence-corrected chi connectivity index (χ1v) is 10.5. The van der Waals surface area contributed by atoms with Gasteiger partial charge in [-0.3, -0.25) is 4.79 Å². The molecule has 6 rings (SSSR count). The number of carbonyl (C=O) groups is 1. The Labute approximate surface area is 189 Å². The largest absolute Gasteiger partial charge is 0.454 e. The van der Waals surface area contributed by atoms with E-state index in [0.717, 1.165) is 28.2 Å². The van der Waals surface area contributed by atoms with Crippen molar-refractivity contribution in [1.82, 2.24) is 14.6 Å². The fourth-order valence-electron chi connectivity index (χ4n) is 3.83. The van der Waals surface area contributed by atoms with Crippen molar-refractivity contribution in [2.45, 2.75) is 0 Å². The smallest absolute Gasteiger partial charge is 0.255 e. The Morgan fingerprint density at radius 1 is 0.848 bits per heavy atom. The Morgan fingerprint density at radius 2 is 1.70 bits per heavy atom. The first-order chi connectivity index (χ1) is 16.2. The SMILES string of the molecule is O=C(Nc1cccc(-c2ccc3ncc(-c4ccccc4)n3n2)c1)c1ccc2c(c1)OCO2. The Bertz CT molecular complexity index is 1490. The highest BCUT2D eigenvalue weighted by Crippen LogP contribution is 2.33. The summed E-state index contributed by atoms with van der Waals surface area (Å²) < 4.78 is 12.5. The van der Waals surface area contributed by atoms with Crippen molar-refractivity contribution >= 4 is 17.2 Å². The highest BCUT2D eigenvalue weighted by molar-refractivity contribution is 6.05. The van der Waals surface area contributed by atoms with Crippen LogP contribution in [-0.4, -0.2) is 27.3 Å². The number of anilines is 1. The third-order valence-corrected chi connectivity index (χ3v) is 5.48. The molecule has 1 aliphatic heterocycles. The normalized spacial score (nSPS) is 12.1. The van der Waals surface area contributed by atoms with Crippen molar-refractivity contribution in [3.8, 4) is 34.0 Å². The number of imidazole rings is 1. The lowest BCUT2D eigenvalue weighted by molar-refractivity contribution is 0.102. The molecule has 0 atom stereocenters. The minimum atomic E-state index is -0.227. The number of fused-ring (bicyclic) bond motifs is 2. The van der Waals surface area contributed by atoms with Crippen LogP contribution < -0.4 is 14.8 Å². The Balaban J connectivity index is 1.30. The van der Waals surface area contributed by atoms with Gasteiger partial charge in [-0.25, -0.2) is 9.50 Å². The van der Waals surface area contributed by atoms with Gasteiger partial charge >= 0.3 is 0 Å². The number of nitrogens with one attached hydrogen (secondary N) is 1. The lowest BCUT2D eigenvalue weighted by atomic mass is 10.1. The number of amides is 1. The van der Waals surface area contributed by atoms with E-state index >= 15 is 0 Å². The Morgan fingerprint density at radius 3 is 2.61 bits per heavy atom. The fourth-order valence-corrected chi connectivity index (χ4v) is 3.83. The number of ether oxygens (including phenoxy) is 2. The molecule has 0 unspecified atom stereocenters. The van der Waals surface area contributed by atoms with E-state index in [-0.39, 0.29) is 12.7 Å². The molecule has 1 N–H and O–H groups in total. The minimum absolute atomic E-state index is 0.169. The van der Waals surface area contributed by atoms with Crippen LogP contribution in [0, 0.1) is 0 Å². The topological polar surface area (TPSA) is 77.8 Å². The van der Waals surface area contributed by atoms with Gasteiger partial charge < -0.3 is 14.8 Å². The summed E-state index contributed by atoms with van der Waals surface area (Å²) in [7, 11) is 0. The maximum atomic E-state index is 12.8. The number of carbonyl (C=O) groups excluding carboxylic acids is 1. The van der Waals surface area contributed by atoms with E-state index in [9.17, 15) is 4.79 Å². The maximum Gasteiger partial charge on any atom is 0.255 e. The van der Waals surface area contributed by atoms with Gasteiger partial charge in [0, 0.05) is 22.4 Å². The van der Waals surface area contributed by atoms with Gasteiger partial charge in [0.25, 0.3) is 5.91 Å². The van der Waals surface area contributed by atoms with Crippen LogP contribution in [0.25, 0.3) is 28.2 Å². The van der Waals surface area contributed by atoms with Crippen molar-refractivity contribution < 1.29 is 14.3 Å². The summed E-state index contributed by atoms with van der Waals surface area (Å²) in [6, 6.07) is 26.6. The summed E-state index contributed by atoms with van der Waals surface area (Å²) in [6.45, 7) is 0.169. The molecule has 0 saturated carbocycles. The van der Waals surface area contributed by atoms with Crippen molar-refractivity contribution in [1.29, 1.82) is 0 Å². The number of benzene rings is 3. The van der Waals surface area contributed by atoms with Gasteiger partial charge in [-0.05, 0) is 42.5 Å². The van der Waals surface area contributed by atoms with Crippen LogP contribution in [0.4, 0.5) is 5.69 Å². The fraction of sp³-hybridized carbons (Fsp3) is 0.0385. The van der Waals surface area contributed by atoms with Crippen LogP contribution in [0.3, 0.4) is 0 Å². The molecule has 2 aromatic heterocycles. The Hall–Kier alpha value is -4.65. The summed E-state index contributed by atoms with van der Waals surface area (Å²) in [5.74, 6) is 0.989. The molecule has 3 aromatic carbocycles. The molecule has 1 aliphatic rings. The summed E-state index contributed by atoms with van der Waals surface area (Å²) in [5, 5.41) is 7.76. The van der Waals surface area contributed by atoms with E-state index in [4.69, 9.17) is 14.6 Å². The molecule has 0 fully saturated rings. The molecule has 0 radical (unpaired) electrons. The molecule has 160 valence electrons.